The van der Waals surface area contributed by atoms with Gasteiger partial charge in [-0.25, -0.2) is 0 Å². The zero-order valence-electron chi connectivity index (χ0n) is 17.9. The number of aryl methyl sites for hydroxylation is 1. The molecule has 31 heavy (non-hydrogen) atoms. The van der Waals surface area contributed by atoms with Crippen LogP contribution in [-0.4, -0.2) is 31.1 Å². The van der Waals surface area contributed by atoms with Crippen LogP contribution in [0.1, 0.15) is 53.4 Å². The molecule has 5 rings (SSSR count). The Morgan fingerprint density at radius 2 is 1.68 bits per heavy atom. The van der Waals surface area contributed by atoms with Crippen molar-refractivity contribution in [2.45, 2.75) is 37.5 Å². The fourth-order valence-electron chi connectivity index (χ4n) is 5.23. The van der Waals surface area contributed by atoms with Gasteiger partial charge in [0, 0.05) is 23.3 Å². The molecule has 2 unspecified atom stereocenters. The Bertz CT molecular complexity index is 950. The number of nitrogens with zero attached hydrogens (tertiary/aromatic N) is 1. The van der Waals surface area contributed by atoms with E-state index in [2.05, 4.69) is 83.8 Å². The molecular weight excluding hydrogens is 425 g/mol. The SMILES string of the molecule is [Co].[c-]1ccc2c(c1)CCC(c1ccccc1)C2c1ccc(OCCN2CCCC2)cc1. The minimum atomic E-state index is 0. The minimum Gasteiger partial charge on any atom is -0.492 e. The molecule has 1 aliphatic heterocycles. The third-order valence-electron chi connectivity index (χ3n) is 6.79. The normalized spacial score (nSPS) is 20.6. The van der Waals surface area contributed by atoms with Gasteiger partial charge >= 0.3 is 0 Å². The number of rotatable bonds is 6. The largest absolute Gasteiger partial charge is 0.492 e. The van der Waals surface area contributed by atoms with Crippen molar-refractivity contribution in [3.8, 4) is 5.75 Å². The first-order chi connectivity index (χ1) is 14.9. The van der Waals surface area contributed by atoms with E-state index in [1.54, 1.807) is 0 Å². The van der Waals surface area contributed by atoms with Gasteiger partial charge in [-0.15, -0.1) is 5.56 Å². The van der Waals surface area contributed by atoms with E-state index in [1.165, 1.54) is 54.6 Å². The van der Waals surface area contributed by atoms with Crippen LogP contribution in [0.3, 0.4) is 0 Å². The molecule has 3 heteroatoms. The summed E-state index contributed by atoms with van der Waals surface area (Å²) in [6.45, 7) is 4.25. The Morgan fingerprint density at radius 3 is 2.45 bits per heavy atom. The summed E-state index contributed by atoms with van der Waals surface area (Å²) in [5.74, 6) is 1.86. The van der Waals surface area contributed by atoms with Gasteiger partial charge in [0.2, 0.25) is 0 Å². The van der Waals surface area contributed by atoms with Crippen LogP contribution in [0.5, 0.6) is 5.75 Å². The Morgan fingerprint density at radius 1 is 0.903 bits per heavy atom. The molecule has 2 aliphatic rings. The van der Waals surface area contributed by atoms with Crippen molar-refractivity contribution in [3.63, 3.8) is 0 Å². The van der Waals surface area contributed by atoms with Crippen molar-refractivity contribution < 1.29 is 21.5 Å². The molecule has 3 aromatic rings. The van der Waals surface area contributed by atoms with Crippen LogP contribution < -0.4 is 4.74 Å². The van der Waals surface area contributed by atoms with Gasteiger partial charge in [0.25, 0.3) is 0 Å². The number of hydrogen-bond donors (Lipinski definition) is 0. The van der Waals surface area contributed by atoms with Crippen molar-refractivity contribution in [2.75, 3.05) is 26.2 Å². The van der Waals surface area contributed by atoms with Gasteiger partial charge < -0.3 is 4.74 Å². The molecule has 0 amide bonds. The predicted molar refractivity (Wildman–Crippen MR) is 122 cm³/mol. The van der Waals surface area contributed by atoms with E-state index in [1.807, 2.05) is 0 Å². The molecule has 0 spiro atoms. The first-order valence-electron chi connectivity index (χ1n) is 11.4. The molecule has 3 aromatic carbocycles. The van der Waals surface area contributed by atoms with Gasteiger partial charge in [-0.05, 0) is 61.0 Å². The second-order valence-electron chi connectivity index (χ2n) is 8.62. The molecular formula is C28H30CoNO-. The Balaban J connectivity index is 0.00000231. The van der Waals surface area contributed by atoms with Gasteiger partial charge in [0.15, 0.2) is 0 Å². The molecule has 1 fully saturated rings. The van der Waals surface area contributed by atoms with Crippen LogP contribution in [0.25, 0.3) is 0 Å². The topological polar surface area (TPSA) is 12.5 Å². The quantitative estimate of drug-likeness (QED) is 0.434. The van der Waals surface area contributed by atoms with Crippen LogP contribution in [0.2, 0.25) is 0 Å². The van der Waals surface area contributed by atoms with Gasteiger partial charge in [-0.1, -0.05) is 55.3 Å². The number of fused-ring (bicyclic) bond motifs is 1. The molecule has 1 saturated heterocycles. The van der Waals surface area contributed by atoms with Crippen LogP contribution in [0.4, 0.5) is 0 Å². The van der Waals surface area contributed by atoms with Crippen molar-refractivity contribution in [1.82, 2.24) is 4.90 Å². The van der Waals surface area contributed by atoms with Gasteiger partial charge in [0.05, 0.1) is 0 Å². The summed E-state index contributed by atoms with van der Waals surface area (Å²) in [6, 6.07) is 29.7. The van der Waals surface area contributed by atoms with E-state index in [9.17, 15) is 0 Å². The van der Waals surface area contributed by atoms with Gasteiger partial charge in [-0.3, -0.25) is 4.90 Å². The number of benzene rings is 3. The van der Waals surface area contributed by atoms with Crippen LogP contribution in [0.15, 0.2) is 72.8 Å². The molecule has 2 nitrogen and oxygen atoms in total. The zero-order valence-corrected chi connectivity index (χ0v) is 19.0. The molecule has 0 N–H and O–H groups in total. The third-order valence-corrected chi connectivity index (χ3v) is 6.79. The van der Waals surface area contributed by atoms with Crippen molar-refractivity contribution in [1.29, 1.82) is 0 Å². The number of hydrogen-bond acceptors (Lipinski definition) is 2. The fourth-order valence-corrected chi connectivity index (χ4v) is 5.23. The molecule has 0 saturated carbocycles. The molecule has 1 radical (unpaired) electrons. The van der Waals surface area contributed by atoms with Crippen molar-refractivity contribution in [2.24, 2.45) is 0 Å². The van der Waals surface area contributed by atoms with E-state index in [0.29, 0.717) is 11.8 Å². The van der Waals surface area contributed by atoms with Crippen molar-refractivity contribution in [3.05, 3.63) is 101 Å². The Hall–Kier alpha value is -2.07. The fraction of sp³-hybridized carbons (Fsp3) is 0.357. The van der Waals surface area contributed by atoms with E-state index in [-0.39, 0.29) is 16.8 Å². The van der Waals surface area contributed by atoms with Gasteiger partial charge in [-0.2, -0.15) is 29.8 Å². The smallest absolute Gasteiger partial charge is 0.119 e. The molecule has 1 heterocycles. The molecule has 163 valence electrons. The predicted octanol–water partition coefficient (Wildman–Crippen LogP) is 5.82. The summed E-state index contributed by atoms with van der Waals surface area (Å²) in [4.78, 5) is 2.49. The number of ether oxygens (including phenoxy) is 1. The molecule has 1 aliphatic carbocycles. The Kier molecular flexibility index (Phi) is 7.49. The first-order valence-corrected chi connectivity index (χ1v) is 11.4. The summed E-state index contributed by atoms with van der Waals surface area (Å²) in [5.41, 5.74) is 5.71. The maximum Gasteiger partial charge on any atom is 0.119 e. The van der Waals surface area contributed by atoms with Crippen molar-refractivity contribution >= 4 is 0 Å². The molecule has 0 bridgehead atoms. The minimum absolute atomic E-state index is 0. The maximum atomic E-state index is 6.04. The van der Waals surface area contributed by atoms with E-state index in [0.717, 1.165) is 25.3 Å². The van der Waals surface area contributed by atoms with Gasteiger partial charge in [0.1, 0.15) is 12.4 Å². The van der Waals surface area contributed by atoms with Crippen LogP contribution in [0, 0.1) is 6.07 Å². The average molecular weight is 455 g/mol. The average Bonchev–Trinajstić information content (AvgIpc) is 3.33. The molecule has 2 atom stereocenters. The monoisotopic (exact) mass is 455 g/mol. The van der Waals surface area contributed by atoms with Crippen LogP contribution in [-0.2, 0) is 23.2 Å². The second-order valence-corrected chi connectivity index (χ2v) is 8.62. The molecule has 0 aromatic heterocycles. The standard InChI is InChI=1S/C28H30NO.Co/c1-2-8-22(9-3-1)27-17-14-23-10-4-5-11-26(23)28(27)24-12-15-25(16-13-24)30-21-20-29-18-6-7-19-29;/h1-3,5,8-13,15-16,27-28H,6-7,14,17-21H2;/q-1;. The summed E-state index contributed by atoms with van der Waals surface area (Å²) in [7, 11) is 0. The number of likely N-dealkylation sites (tertiary alicyclic amines) is 1. The third kappa shape index (κ3) is 5.06. The van der Waals surface area contributed by atoms with E-state index < -0.39 is 0 Å². The summed E-state index contributed by atoms with van der Waals surface area (Å²) >= 11 is 0. The zero-order chi connectivity index (χ0) is 20.2. The maximum absolute atomic E-state index is 6.04. The first kappa shape index (κ1) is 22.1. The summed E-state index contributed by atoms with van der Waals surface area (Å²) < 4.78 is 6.04. The second kappa shape index (κ2) is 10.5. The summed E-state index contributed by atoms with van der Waals surface area (Å²) in [6.07, 6.45) is 4.96. The van der Waals surface area contributed by atoms with E-state index >= 15 is 0 Å². The van der Waals surface area contributed by atoms with Crippen LogP contribution >= 0.6 is 0 Å². The van der Waals surface area contributed by atoms with E-state index in [4.69, 9.17) is 4.74 Å². The summed E-state index contributed by atoms with van der Waals surface area (Å²) in [5, 5.41) is 0. The Labute approximate surface area is 196 Å².